The van der Waals surface area contributed by atoms with Gasteiger partial charge in [0.2, 0.25) is 0 Å². The van der Waals surface area contributed by atoms with Crippen LogP contribution in [0.4, 0.5) is 0 Å². The van der Waals surface area contributed by atoms with Crippen LogP contribution in [0.25, 0.3) is 0 Å². The topological polar surface area (TPSA) is 47.3 Å². The Morgan fingerprint density at radius 3 is 2.54 bits per heavy atom. The minimum atomic E-state index is -1.42. The smallest absolute Gasteiger partial charge is 0.188 e. The Balaban J connectivity index is 3.68. The summed E-state index contributed by atoms with van der Waals surface area (Å²) >= 11 is 0. The van der Waals surface area contributed by atoms with Crippen molar-refractivity contribution >= 4 is 8.32 Å². The van der Waals surface area contributed by atoms with Crippen LogP contribution in [0, 0.1) is 0 Å². The van der Waals surface area contributed by atoms with E-state index < -0.39 is 8.32 Å². The van der Waals surface area contributed by atoms with Gasteiger partial charge in [0.15, 0.2) is 8.32 Å². The Hall–Kier alpha value is 0.0969. The summed E-state index contributed by atoms with van der Waals surface area (Å²) in [5.41, 5.74) is 5.39. The van der Waals surface area contributed by atoms with Crippen LogP contribution in [0.15, 0.2) is 0 Å². The average Bonchev–Trinajstić information content (AvgIpc) is 1.99. The van der Waals surface area contributed by atoms with Crippen LogP contribution in [-0.2, 0) is 4.43 Å². The Kier molecular flexibility index (Phi) is 6.58. The fourth-order valence-electron chi connectivity index (χ4n) is 1.47. The van der Waals surface area contributed by atoms with Crippen molar-refractivity contribution < 1.29 is 4.43 Å². The predicted octanol–water partition coefficient (Wildman–Crippen LogP) is 1.51. The van der Waals surface area contributed by atoms with E-state index in [1.54, 1.807) is 0 Å². The van der Waals surface area contributed by atoms with Gasteiger partial charge in [-0.05, 0) is 26.1 Å². The lowest BCUT2D eigenvalue weighted by molar-refractivity contribution is 0.174. The maximum Gasteiger partial charge on any atom is 0.188 e. The molecular formula is C9H24N2OSi. The molecule has 0 rings (SSSR count). The third kappa shape index (κ3) is 7.19. The molecule has 0 amide bonds. The Bertz CT molecular complexity index is 131. The fourth-order valence-corrected chi connectivity index (χ4v) is 3.83. The second kappa shape index (κ2) is 6.54. The van der Waals surface area contributed by atoms with E-state index >= 15 is 0 Å². The average molecular weight is 204 g/mol. The zero-order chi connectivity index (χ0) is 10.3. The van der Waals surface area contributed by atoms with Gasteiger partial charge in [-0.15, -0.1) is 0 Å². The van der Waals surface area contributed by atoms with Gasteiger partial charge in [0, 0.05) is 13.1 Å². The quantitative estimate of drug-likeness (QED) is 0.488. The zero-order valence-corrected chi connectivity index (χ0v) is 10.4. The Morgan fingerprint density at radius 2 is 2.08 bits per heavy atom. The second-order valence-electron chi connectivity index (χ2n) is 4.01. The van der Waals surface area contributed by atoms with Crippen molar-refractivity contribution in [3.05, 3.63) is 0 Å². The summed E-state index contributed by atoms with van der Waals surface area (Å²) in [4.78, 5) is 0. The largest absolute Gasteiger partial charge is 0.403 e. The van der Waals surface area contributed by atoms with Crippen LogP contribution in [0.3, 0.4) is 0 Å². The monoisotopic (exact) mass is 204 g/mol. The van der Waals surface area contributed by atoms with E-state index in [1.807, 2.05) is 0 Å². The Morgan fingerprint density at radius 1 is 1.46 bits per heavy atom. The first-order valence-electron chi connectivity index (χ1n) is 5.13. The third-order valence-electron chi connectivity index (χ3n) is 1.92. The number of hydrogen-bond donors (Lipinski definition) is 2. The van der Waals surface area contributed by atoms with E-state index in [2.05, 4.69) is 32.3 Å². The molecule has 0 bridgehead atoms. The summed E-state index contributed by atoms with van der Waals surface area (Å²) in [7, 11) is -1.42. The van der Waals surface area contributed by atoms with Crippen molar-refractivity contribution in [3.8, 4) is 0 Å². The second-order valence-corrected chi connectivity index (χ2v) is 8.27. The molecule has 80 valence electrons. The van der Waals surface area contributed by atoms with Gasteiger partial charge in [-0.2, -0.15) is 0 Å². The summed E-state index contributed by atoms with van der Waals surface area (Å²) in [6.07, 6.45) is 1.36. The first-order chi connectivity index (χ1) is 6.02. The van der Waals surface area contributed by atoms with Crippen molar-refractivity contribution in [2.24, 2.45) is 5.73 Å². The summed E-state index contributed by atoms with van der Waals surface area (Å²) in [5.74, 6) is 0. The number of hydrogen-bond acceptors (Lipinski definition) is 3. The molecule has 1 atom stereocenters. The zero-order valence-electron chi connectivity index (χ0n) is 9.39. The summed E-state index contributed by atoms with van der Waals surface area (Å²) < 4.78 is 5.95. The normalized spacial score (nSPS) is 14.5. The van der Waals surface area contributed by atoms with Crippen LogP contribution in [-0.4, -0.2) is 27.6 Å². The molecule has 0 fully saturated rings. The lowest BCUT2D eigenvalue weighted by atomic mass is 10.6. The van der Waals surface area contributed by atoms with E-state index in [0.717, 1.165) is 6.54 Å². The van der Waals surface area contributed by atoms with Gasteiger partial charge in [-0.3, -0.25) is 5.32 Å². The van der Waals surface area contributed by atoms with E-state index in [4.69, 9.17) is 10.2 Å². The molecule has 0 aliphatic carbocycles. The molecule has 1 unspecified atom stereocenters. The van der Waals surface area contributed by atoms with Crippen LogP contribution in [0.2, 0.25) is 19.1 Å². The maximum atomic E-state index is 5.95. The van der Waals surface area contributed by atoms with Crippen molar-refractivity contribution in [3.63, 3.8) is 0 Å². The molecule has 0 aromatic carbocycles. The minimum Gasteiger partial charge on any atom is -0.403 e. The van der Waals surface area contributed by atoms with Crippen LogP contribution < -0.4 is 11.1 Å². The van der Waals surface area contributed by atoms with Gasteiger partial charge in [-0.25, -0.2) is 0 Å². The maximum absolute atomic E-state index is 5.95. The van der Waals surface area contributed by atoms with E-state index in [-0.39, 0.29) is 6.23 Å². The van der Waals surface area contributed by atoms with Crippen LogP contribution in [0.1, 0.15) is 20.3 Å². The molecule has 3 N–H and O–H groups in total. The molecule has 0 aliphatic heterocycles. The lowest BCUT2D eigenvalue weighted by Gasteiger charge is -2.27. The summed E-state index contributed by atoms with van der Waals surface area (Å²) in [6, 6.07) is 1.22. The van der Waals surface area contributed by atoms with E-state index in [9.17, 15) is 0 Å². The van der Waals surface area contributed by atoms with Gasteiger partial charge in [-0.1, -0.05) is 13.3 Å². The first kappa shape index (κ1) is 13.1. The number of rotatable bonds is 7. The molecule has 0 spiro atoms. The molecule has 3 nitrogen and oxygen atoms in total. The highest BCUT2D eigenvalue weighted by Gasteiger charge is 2.23. The van der Waals surface area contributed by atoms with Crippen LogP contribution in [0.5, 0.6) is 0 Å². The summed E-state index contributed by atoms with van der Waals surface area (Å²) in [5, 5.41) is 3.23. The van der Waals surface area contributed by atoms with Crippen molar-refractivity contribution in [1.82, 2.24) is 5.32 Å². The van der Waals surface area contributed by atoms with Gasteiger partial charge in [0.05, 0.1) is 6.23 Å². The van der Waals surface area contributed by atoms with Gasteiger partial charge in [0.25, 0.3) is 0 Å². The predicted molar refractivity (Wildman–Crippen MR) is 60.2 cm³/mol. The molecule has 0 saturated heterocycles. The van der Waals surface area contributed by atoms with Crippen molar-refractivity contribution in [2.75, 3.05) is 13.1 Å². The van der Waals surface area contributed by atoms with Crippen LogP contribution >= 0.6 is 0 Å². The SMILES string of the molecule is CCC[Si](C)(C)OC(C)NCCN. The van der Waals surface area contributed by atoms with Gasteiger partial charge in [0.1, 0.15) is 0 Å². The van der Waals surface area contributed by atoms with E-state index in [0.29, 0.717) is 6.54 Å². The van der Waals surface area contributed by atoms with Crippen molar-refractivity contribution in [2.45, 2.75) is 45.6 Å². The molecule has 4 heteroatoms. The molecule has 0 saturated carbocycles. The fraction of sp³-hybridized carbons (Fsp3) is 1.00. The highest BCUT2D eigenvalue weighted by atomic mass is 28.4. The molecule has 0 aromatic rings. The highest BCUT2D eigenvalue weighted by Crippen LogP contribution is 2.14. The molecule has 0 radical (unpaired) electrons. The van der Waals surface area contributed by atoms with E-state index in [1.165, 1.54) is 12.5 Å². The third-order valence-corrected chi connectivity index (χ3v) is 4.62. The Labute approximate surface area is 83.2 Å². The standard InChI is InChI=1S/C9H24N2OSi/c1-5-8-13(3,4)12-9(2)11-7-6-10/h9,11H,5-8,10H2,1-4H3. The molecule has 0 aromatic heterocycles. The van der Waals surface area contributed by atoms with Gasteiger partial charge >= 0.3 is 0 Å². The minimum absolute atomic E-state index is 0.150. The molecule has 13 heavy (non-hydrogen) atoms. The lowest BCUT2D eigenvalue weighted by Crippen LogP contribution is -2.42. The highest BCUT2D eigenvalue weighted by molar-refractivity contribution is 6.71. The first-order valence-corrected chi connectivity index (χ1v) is 8.24. The molecule has 0 heterocycles. The van der Waals surface area contributed by atoms with Gasteiger partial charge < -0.3 is 10.2 Å². The summed E-state index contributed by atoms with van der Waals surface area (Å²) in [6.45, 7) is 10.3. The number of nitrogens with one attached hydrogen (secondary N) is 1. The molecule has 0 aliphatic rings. The molecular weight excluding hydrogens is 180 g/mol. The van der Waals surface area contributed by atoms with Crippen molar-refractivity contribution in [1.29, 1.82) is 0 Å². The number of nitrogens with two attached hydrogens (primary N) is 1.